The van der Waals surface area contributed by atoms with Crippen molar-refractivity contribution in [2.24, 2.45) is 40.4 Å². The molecule has 3 fully saturated rings. The standard InChI is InChI=1S/C18H22O3/c1-17-4-3-10(18(17,2)7-19)13-8-5-9(16(13)17)15-12(21)6-11(20)14(8)15/h8-10,14-15,19H,3-7H2,1-2H3/t8-,9+,10+,14-,15+,17-,18+/m1/s1. The molecule has 0 spiro atoms. The summed E-state index contributed by atoms with van der Waals surface area (Å²) in [5.74, 6) is 1.46. The summed E-state index contributed by atoms with van der Waals surface area (Å²) in [5, 5.41) is 10.1. The summed E-state index contributed by atoms with van der Waals surface area (Å²) in [6.45, 7) is 4.75. The van der Waals surface area contributed by atoms with E-state index in [4.69, 9.17) is 0 Å². The molecule has 0 aromatic carbocycles. The Labute approximate surface area is 124 Å². The maximum absolute atomic E-state index is 12.3. The van der Waals surface area contributed by atoms with Gasteiger partial charge >= 0.3 is 0 Å². The maximum Gasteiger partial charge on any atom is 0.144 e. The molecule has 0 amide bonds. The fourth-order valence-corrected chi connectivity index (χ4v) is 7.18. The van der Waals surface area contributed by atoms with Gasteiger partial charge in [0.2, 0.25) is 0 Å². The summed E-state index contributed by atoms with van der Waals surface area (Å²) in [5.41, 5.74) is 3.00. The Morgan fingerprint density at radius 3 is 2.48 bits per heavy atom. The largest absolute Gasteiger partial charge is 0.396 e. The van der Waals surface area contributed by atoms with E-state index in [9.17, 15) is 14.7 Å². The lowest BCUT2D eigenvalue weighted by molar-refractivity contribution is -0.123. The molecule has 5 rings (SSSR count). The van der Waals surface area contributed by atoms with Crippen LogP contribution in [0.4, 0.5) is 0 Å². The van der Waals surface area contributed by atoms with Crippen molar-refractivity contribution in [1.29, 1.82) is 0 Å². The third-order valence-corrected chi connectivity index (χ3v) is 8.20. The highest BCUT2D eigenvalue weighted by atomic mass is 16.3. The molecule has 1 N–H and O–H groups in total. The van der Waals surface area contributed by atoms with Gasteiger partial charge in [0.05, 0.1) is 6.42 Å². The molecule has 5 aliphatic rings. The first-order valence-electron chi connectivity index (χ1n) is 8.35. The van der Waals surface area contributed by atoms with Crippen molar-refractivity contribution in [3.63, 3.8) is 0 Å². The van der Waals surface area contributed by atoms with Crippen LogP contribution in [-0.2, 0) is 9.59 Å². The van der Waals surface area contributed by atoms with E-state index in [0.29, 0.717) is 17.8 Å². The predicted octanol–water partition coefficient (Wildman–Crippen LogP) is 2.14. The van der Waals surface area contributed by atoms with Gasteiger partial charge in [-0.25, -0.2) is 0 Å². The van der Waals surface area contributed by atoms with Crippen molar-refractivity contribution in [1.82, 2.24) is 0 Å². The zero-order valence-electron chi connectivity index (χ0n) is 12.7. The molecule has 3 nitrogen and oxygen atoms in total. The van der Waals surface area contributed by atoms with Gasteiger partial charge < -0.3 is 5.11 Å². The van der Waals surface area contributed by atoms with Gasteiger partial charge in [0.1, 0.15) is 11.6 Å². The predicted molar refractivity (Wildman–Crippen MR) is 76.3 cm³/mol. The van der Waals surface area contributed by atoms with E-state index in [2.05, 4.69) is 13.8 Å². The van der Waals surface area contributed by atoms with Crippen LogP contribution in [0.3, 0.4) is 0 Å². The Bertz CT molecular complexity index is 632. The molecule has 0 aromatic rings. The molecule has 0 radical (unpaired) electrons. The first-order valence-corrected chi connectivity index (χ1v) is 8.35. The van der Waals surface area contributed by atoms with Crippen molar-refractivity contribution in [2.75, 3.05) is 6.61 Å². The lowest BCUT2D eigenvalue weighted by Crippen LogP contribution is -2.39. The van der Waals surface area contributed by atoms with Gasteiger partial charge in [0.25, 0.3) is 0 Å². The second kappa shape index (κ2) is 3.34. The lowest BCUT2D eigenvalue weighted by Gasteiger charge is -2.41. The molecule has 112 valence electrons. The average molecular weight is 286 g/mol. The molecule has 0 aliphatic heterocycles. The molecule has 7 atom stereocenters. The number of rotatable bonds is 1. The van der Waals surface area contributed by atoms with Gasteiger partial charge in [-0.05, 0) is 42.4 Å². The summed E-state index contributed by atoms with van der Waals surface area (Å²) in [6.07, 6.45) is 3.50. The van der Waals surface area contributed by atoms with Crippen molar-refractivity contribution < 1.29 is 14.7 Å². The molecule has 0 unspecified atom stereocenters. The van der Waals surface area contributed by atoms with E-state index in [0.717, 1.165) is 19.3 Å². The Hall–Kier alpha value is -0.960. The number of fused-ring (bicyclic) bond motifs is 11. The quantitative estimate of drug-likeness (QED) is 0.456. The van der Waals surface area contributed by atoms with Crippen LogP contribution in [0, 0.1) is 40.4 Å². The molecular weight excluding hydrogens is 264 g/mol. The monoisotopic (exact) mass is 286 g/mol. The Kier molecular flexibility index (Phi) is 2.00. The normalized spacial score (nSPS) is 56.6. The smallest absolute Gasteiger partial charge is 0.144 e. The van der Waals surface area contributed by atoms with Crippen LogP contribution in [-0.4, -0.2) is 23.3 Å². The topological polar surface area (TPSA) is 54.4 Å². The SMILES string of the molecule is C[C@]1(CO)[C@H]2CC[C@]1(C)C1=C2[C@H]2C[C@H]1[C@H]1C(=O)CC(=O)[C@H]12. The Balaban J connectivity index is 1.69. The van der Waals surface area contributed by atoms with Gasteiger partial charge in [-0.2, -0.15) is 0 Å². The minimum atomic E-state index is -0.0701. The van der Waals surface area contributed by atoms with Gasteiger partial charge in [-0.3, -0.25) is 9.59 Å². The summed E-state index contributed by atoms with van der Waals surface area (Å²) in [6, 6.07) is 0. The summed E-state index contributed by atoms with van der Waals surface area (Å²) in [7, 11) is 0. The Morgan fingerprint density at radius 1 is 1.14 bits per heavy atom. The maximum atomic E-state index is 12.3. The Morgan fingerprint density at radius 2 is 1.81 bits per heavy atom. The number of aliphatic hydroxyl groups excluding tert-OH is 1. The number of allylic oxidation sites excluding steroid dienone is 2. The number of ketones is 2. The number of carbonyl (C=O) groups excluding carboxylic acids is 2. The van der Waals surface area contributed by atoms with E-state index in [-0.39, 0.29) is 47.3 Å². The van der Waals surface area contributed by atoms with E-state index in [1.54, 1.807) is 0 Å². The van der Waals surface area contributed by atoms with Crippen molar-refractivity contribution >= 4 is 11.6 Å². The first kappa shape index (κ1) is 12.6. The van der Waals surface area contributed by atoms with Gasteiger partial charge in [0.15, 0.2) is 0 Å². The highest BCUT2D eigenvalue weighted by Crippen LogP contribution is 2.77. The van der Waals surface area contributed by atoms with Crippen LogP contribution >= 0.6 is 0 Å². The number of hydrogen-bond acceptors (Lipinski definition) is 3. The van der Waals surface area contributed by atoms with Crippen LogP contribution < -0.4 is 0 Å². The minimum Gasteiger partial charge on any atom is -0.396 e. The van der Waals surface area contributed by atoms with Gasteiger partial charge in [-0.1, -0.05) is 25.0 Å². The number of aliphatic hydroxyl groups is 1. The van der Waals surface area contributed by atoms with Crippen LogP contribution in [0.2, 0.25) is 0 Å². The number of hydrogen-bond donors (Lipinski definition) is 1. The molecule has 3 heteroatoms. The molecule has 5 aliphatic carbocycles. The average Bonchev–Trinajstić information content (AvgIpc) is 3.17. The molecule has 21 heavy (non-hydrogen) atoms. The van der Waals surface area contributed by atoms with Crippen LogP contribution in [0.5, 0.6) is 0 Å². The summed E-state index contributed by atoms with van der Waals surface area (Å²) >= 11 is 0. The van der Waals surface area contributed by atoms with Crippen LogP contribution in [0.25, 0.3) is 0 Å². The van der Waals surface area contributed by atoms with Crippen molar-refractivity contribution in [2.45, 2.75) is 39.5 Å². The number of carbonyl (C=O) groups is 2. The third kappa shape index (κ3) is 1.04. The second-order valence-electron chi connectivity index (χ2n) is 8.48. The fourth-order valence-electron chi connectivity index (χ4n) is 7.18. The van der Waals surface area contributed by atoms with Crippen LogP contribution in [0.1, 0.15) is 39.5 Å². The lowest BCUT2D eigenvalue weighted by atomic mass is 9.63. The van der Waals surface area contributed by atoms with E-state index < -0.39 is 0 Å². The first-order chi connectivity index (χ1) is 9.94. The second-order valence-corrected chi connectivity index (χ2v) is 8.48. The van der Waals surface area contributed by atoms with Gasteiger partial charge in [-0.15, -0.1) is 0 Å². The molecule has 0 heterocycles. The molecule has 0 saturated heterocycles. The third-order valence-electron chi connectivity index (χ3n) is 8.20. The van der Waals surface area contributed by atoms with Gasteiger partial charge in [0, 0.05) is 23.9 Å². The summed E-state index contributed by atoms with van der Waals surface area (Å²) < 4.78 is 0. The van der Waals surface area contributed by atoms with Crippen molar-refractivity contribution in [3.05, 3.63) is 11.1 Å². The molecule has 0 aromatic heterocycles. The molecule has 4 bridgehead atoms. The highest BCUT2D eigenvalue weighted by molar-refractivity contribution is 6.10. The highest BCUT2D eigenvalue weighted by Gasteiger charge is 2.72. The van der Waals surface area contributed by atoms with E-state index >= 15 is 0 Å². The summed E-state index contributed by atoms with van der Waals surface area (Å²) in [4.78, 5) is 24.6. The zero-order valence-corrected chi connectivity index (χ0v) is 12.7. The molecule has 3 saturated carbocycles. The zero-order chi connectivity index (χ0) is 14.7. The van der Waals surface area contributed by atoms with Crippen LogP contribution in [0.15, 0.2) is 11.1 Å². The van der Waals surface area contributed by atoms with Crippen molar-refractivity contribution in [3.8, 4) is 0 Å². The van der Waals surface area contributed by atoms with E-state index in [1.807, 2.05) is 0 Å². The molecular formula is C18H22O3. The minimum absolute atomic E-state index is 0.00728. The fraction of sp³-hybridized carbons (Fsp3) is 0.778. The van der Waals surface area contributed by atoms with E-state index in [1.165, 1.54) is 11.1 Å². The number of Topliss-reactive ketones (excluding diaryl/α,β-unsaturated/α-hetero) is 2.